The molecule has 1 aliphatic heterocycles. The number of thiophene rings is 1. The Bertz CT molecular complexity index is 621. The summed E-state index contributed by atoms with van der Waals surface area (Å²) in [5.74, 6) is 0.274. The van der Waals surface area contributed by atoms with Gasteiger partial charge in [-0.2, -0.15) is 0 Å². The van der Waals surface area contributed by atoms with E-state index in [0.717, 1.165) is 31.7 Å². The molecule has 23 heavy (non-hydrogen) atoms. The van der Waals surface area contributed by atoms with Crippen molar-refractivity contribution in [2.24, 2.45) is 0 Å². The highest BCUT2D eigenvalue weighted by molar-refractivity contribution is 9.10. The summed E-state index contributed by atoms with van der Waals surface area (Å²) in [6.45, 7) is 3.83. The van der Waals surface area contributed by atoms with Crippen molar-refractivity contribution in [2.45, 2.75) is 6.04 Å². The summed E-state index contributed by atoms with van der Waals surface area (Å²) in [6, 6.07) is 7.80. The fourth-order valence-corrected chi connectivity index (χ4v) is 4.42. The van der Waals surface area contributed by atoms with Crippen LogP contribution in [0.3, 0.4) is 0 Å². The predicted molar refractivity (Wildman–Crippen MR) is 106 cm³/mol. The van der Waals surface area contributed by atoms with Gasteiger partial charge in [0.2, 0.25) is 0 Å². The Kier molecular flexibility index (Phi) is 8.66. The molecule has 0 saturated carbocycles. The molecule has 1 aliphatic rings. The van der Waals surface area contributed by atoms with Crippen molar-refractivity contribution >= 4 is 63.7 Å². The van der Waals surface area contributed by atoms with Gasteiger partial charge in [0.05, 0.1) is 10.5 Å². The van der Waals surface area contributed by atoms with Gasteiger partial charge in [0.15, 0.2) is 0 Å². The number of aromatic hydroxyl groups is 1. The van der Waals surface area contributed by atoms with Gasteiger partial charge in [0, 0.05) is 41.6 Å². The van der Waals surface area contributed by atoms with Crippen LogP contribution in [0.4, 0.5) is 0 Å². The maximum absolute atomic E-state index is 10.5. The largest absolute Gasteiger partial charge is 0.506 e. The summed E-state index contributed by atoms with van der Waals surface area (Å²) in [4.78, 5) is 3.61. The van der Waals surface area contributed by atoms with Gasteiger partial charge in [-0.1, -0.05) is 17.7 Å². The number of halogens is 4. The molecule has 1 atom stereocenters. The molecular weight excluding hydrogens is 443 g/mol. The van der Waals surface area contributed by atoms with E-state index in [1.54, 1.807) is 17.4 Å². The van der Waals surface area contributed by atoms with Crippen molar-refractivity contribution in [1.82, 2.24) is 10.2 Å². The van der Waals surface area contributed by atoms with E-state index in [1.165, 1.54) is 4.88 Å². The normalized spacial score (nSPS) is 16.3. The number of phenolic OH excluding ortho intramolecular Hbond substituents is 1. The fourth-order valence-electron chi connectivity index (χ4n) is 2.71. The van der Waals surface area contributed by atoms with Crippen molar-refractivity contribution in [3.63, 3.8) is 0 Å². The molecule has 1 saturated heterocycles. The first kappa shape index (κ1) is 21.0. The minimum Gasteiger partial charge on any atom is -0.506 e. The maximum Gasteiger partial charge on any atom is 0.135 e. The lowest BCUT2D eigenvalue weighted by Gasteiger charge is -2.35. The zero-order valence-electron chi connectivity index (χ0n) is 12.2. The van der Waals surface area contributed by atoms with Crippen LogP contribution in [0.2, 0.25) is 5.02 Å². The molecule has 2 N–H and O–H groups in total. The van der Waals surface area contributed by atoms with Crippen molar-refractivity contribution in [3.8, 4) is 5.75 Å². The average Bonchev–Trinajstić information content (AvgIpc) is 2.99. The molecule has 3 nitrogen and oxygen atoms in total. The predicted octanol–water partition coefficient (Wildman–Crippen LogP) is 4.71. The van der Waals surface area contributed by atoms with Crippen LogP contribution in [-0.4, -0.2) is 36.2 Å². The van der Waals surface area contributed by atoms with Crippen LogP contribution in [-0.2, 0) is 0 Å². The summed E-state index contributed by atoms with van der Waals surface area (Å²) < 4.78 is 0.640. The summed E-state index contributed by atoms with van der Waals surface area (Å²) in [6.07, 6.45) is 0. The van der Waals surface area contributed by atoms with Gasteiger partial charge in [-0.25, -0.2) is 0 Å². The zero-order chi connectivity index (χ0) is 14.8. The van der Waals surface area contributed by atoms with Crippen LogP contribution in [0.15, 0.2) is 34.1 Å². The third kappa shape index (κ3) is 4.75. The van der Waals surface area contributed by atoms with Crippen LogP contribution >= 0.6 is 63.7 Å². The minimum absolute atomic E-state index is 0. The lowest BCUT2D eigenvalue weighted by atomic mass is 10.0. The number of nitrogens with one attached hydrogen (secondary N) is 1. The minimum atomic E-state index is 0. The lowest BCUT2D eigenvalue weighted by Crippen LogP contribution is -2.45. The van der Waals surface area contributed by atoms with Crippen molar-refractivity contribution in [1.29, 1.82) is 0 Å². The topological polar surface area (TPSA) is 35.5 Å². The van der Waals surface area contributed by atoms with Gasteiger partial charge in [0.25, 0.3) is 0 Å². The van der Waals surface area contributed by atoms with Crippen LogP contribution in [0.5, 0.6) is 5.75 Å². The number of piperazine rings is 1. The van der Waals surface area contributed by atoms with E-state index < -0.39 is 0 Å². The second-order valence-electron chi connectivity index (χ2n) is 5.03. The summed E-state index contributed by atoms with van der Waals surface area (Å²) >= 11 is 11.3. The third-order valence-electron chi connectivity index (χ3n) is 3.68. The number of phenols is 1. The van der Waals surface area contributed by atoms with Gasteiger partial charge in [-0.05, 0) is 39.5 Å². The van der Waals surface area contributed by atoms with Crippen LogP contribution in [0.25, 0.3) is 0 Å². The third-order valence-corrected chi connectivity index (χ3v) is 5.43. The van der Waals surface area contributed by atoms with Crippen LogP contribution in [0.1, 0.15) is 16.5 Å². The molecule has 0 aliphatic carbocycles. The lowest BCUT2D eigenvalue weighted by molar-refractivity contribution is 0.198. The SMILES string of the molecule is Cl.Cl.Oc1c(Br)cc(Cl)cc1[C@H](c1cccs1)N1CCNCC1. The van der Waals surface area contributed by atoms with E-state index in [1.807, 2.05) is 12.1 Å². The molecule has 1 fully saturated rings. The Balaban J connectivity index is 0.00000132. The van der Waals surface area contributed by atoms with Gasteiger partial charge >= 0.3 is 0 Å². The number of nitrogens with zero attached hydrogens (tertiary/aromatic N) is 1. The van der Waals surface area contributed by atoms with Gasteiger partial charge < -0.3 is 10.4 Å². The molecule has 2 heterocycles. The van der Waals surface area contributed by atoms with Crippen molar-refractivity contribution in [2.75, 3.05) is 26.2 Å². The molecule has 8 heteroatoms. The first-order valence-electron chi connectivity index (χ1n) is 6.83. The van der Waals surface area contributed by atoms with Gasteiger partial charge in [-0.15, -0.1) is 36.2 Å². The van der Waals surface area contributed by atoms with E-state index in [9.17, 15) is 5.11 Å². The Morgan fingerprint density at radius 3 is 2.57 bits per heavy atom. The van der Waals surface area contributed by atoms with E-state index in [2.05, 4.69) is 37.6 Å². The zero-order valence-corrected chi connectivity index (χ0v) is 17.0. The van der Waals surface area contributed by atoms with Crippen LogP contribution in [0, 0.1) is 0 Å². The number of hydrogen-bond acceptors (Lipinski definition) is 4. The Morgan fingerprint density at radius 1 is 1.26 bits per heavy atom. The van der Waals surface area contributed by atoms with Gasteiger partial charge in [-0.3, -0.25) is 4.90 Å². The first-order valence-corrected chi connectivity index (χ1v) is 8.88. The molecule has 1 aromatic heterocycles. The van der Waals surface area contributed by atoms with E-state index >= 15 is 0 Å². The molecule has 1 aromatic carbocycles. The smallest absolute Gasteiger partial charge is 0.135 e. The summed E-state index contributed by atoms with van der Waals surface area (Å²) in [5.41, 5.74) is 0.860. The van der Waals surface area contributed by atoms with Crippen molar-refractivity contribution < 1.29 is 5.11 Å². The molecule has 3 rings (SSSR count). The highest BCUT2D eigenvalue weighted by atomic mass is 79.9. The molecule has 0 radical (unpaired) electrons. The molecule has 2 aromatic rings. The highest BCUT2D eigenvalue weighted by Gasteiger charge is 2.28. The van der Waals surface area contributed by atoms with Crippen molar-refractivity contribution in [3.05, 3.63) is 49.6 Å². The van der Waals surface area contributed by atoms with Crippen LogP contribution < -0.4 is 5.32 Å². The molecule has 0 amide bonds. The quantitative estimate of drug-likeness (QED) is 0.697. The molecule has 0 unspecified atom stereocenters. The number of benzene rings is 1. The molecule has 0 spiro atoms. The Hall–Kier alpha value is -0.0100. The van der Waals surface area contributed by atoms with Gasteiger partial charge in [0.1, 0.15) is 5.75 Å². The fraction of sp³-hybridized carbons (Fsp3) is 0.333. The van der Waals surface area contributed by atoms with E-state index in [4.69, 9.17) is 11.6 Å². The second kappa shape index (κ2) is 9.47. The number of rotatable bonds is 3. The molecule has 128 valence electrons. The Morgan fingerprint density at radius 2 is 1.96 bits per heavy atom. The summed E-state index contributed by atoms with van der Waals surface area (Å²) in [7, 11) is 0. The Labute approximate surface area is 166 Å². The molecule has 0 bridgehead atoms. The average molecular weight is 461 g/mol. The highest BCUT2D eigenvalue weighted by Crippen LogP contribution is 2.41. The second-order valence-corrected chi connectivity index (χ2v) is 7.30. The maximum atomic E-state index is 10.5. The number of hydrogen-bond donors (Lipinski definition) is 2. The van der Waals surface area contributed by atoms with E-state index in [0.29, 0.717) is 9.50 Å². The first-order chi connectivity index (χ1) is 10.2. The van der Waals surface area contributed by atoms with E-state index in [-0.39, 0.29) is 36.6 Å². The monoisotopic (exact) mass is 458 g/mol. The molecular formula is C15H18BrCl3N2OS. The standard InChI is InChI=1S/C15H16BrClN2OS.2ClH/c16-12-9-10(17)8-11(15(12)20)14(13-2-1-7-21-13)19-5-3-18-4-6-19;;/h1-2,7-9,14,18,20H,3-6H2;2*1H/t14-;;/m1../s1. The summed E-state index contributed by atoms with van der Waals surface area (Å²) in [5, 5.41) is 16.5.